The van der Waals surface area contributed by atoms with Gasteiger partial charge in [-0.3, -0.25) is 0 Å². The predicted octanol–water partition coefficient (Wildman–Crippen LogP) is 4.65. The maximum Gasteiger partial charge on any atom is 0.336 e. The van der Waals surface area contributed by atoms with E-state index in [1.54, 1.807) is 6.07 Å². The average Bonchev–Trinajstić information content (AvgIpc) is 2.42. The molecule has 0 amide bonds. The number of aromatic carboxylic acids is 2. The van der Waals surface area contributed by atoms with E-state index in [0.717, 1.165) is 31.2 Å². The SMILES string of the molecule is CC(C)CCCCc1c(CC(C)C)ccc(C(=O)O)c1C(=O)O. The molecule has 0 saturated heterocycles. The Morgan fingerprint density at radius 1 is 0.957 bits per heavy atom. The maximum atomic E-state index is 11.7. The fraction of sp³-hybridized carbons (Fsp3) is 0.579. The van der Waals surface area contributed by atoms with Crippen LogP contribution in [0.1, 0.15) is 78.8 Å². The molecule has 0 atom stereocenters. The highest BCUT2D eigenvalue weighted by molar-refractivity contribution is 6.03. The molecule has 4 heteroatoms. The Morgan fingerprint density at radius 2 is 1.61 bits per heavy atom. The summed E-state index contributed by atoms with van der Waals surface area (Å²) in [6.45, 7) is 8.48. The molecule has 0 aromatic heterocycles. The second-order valence-electron chi connectivity index (χ2n) is 6.97. The summed E-state index contributed by atoms with van der Waals surface area (Å²) in [5.74, 6) is -1.31. The Bertz CT molecular complexity index is 559. The molecule has 2 N–H and O–H groups in total. The maximum absolute atomic E-state index is 11.7. The van der Waals surface area contributed by atoms with Gasteiger partial charge in [0.2, 0.25) is 0 Å². The molecule has 1 rings (SSSR count). The van der Waals surface area contributed by atoms with Gasteiger partial charge in [0, 0.05) is 0 Å². The smallest absolute Gasteiger partial charge is 0.336 e. The number of hydrogen-bond acceptors (Lipinski definition) is 2. The molecule has 23 heavy (non-hydrogen) atoms. The summed E-state index contributed by atoms with van der Waals surface area (Å²) in [6, 6.07) is 3.22. The van der Waals surface area contributed by atoms with E-state index in [9.17, 15) is 19.8 Å². The first kappa shape index (κ1) is 19.2. The molecule has 0 aliphatic rings. The van der Waals surface area contributed by atoms with E-state index in [2.05, 4.69) is 27.7 Å². The van der Waals surface area contributed by atoms with Crippen LogP contribution in [0.3, 0.4) is 0 Å². The molecular weight excluding hydrogens is 292 g/mol. The minimum Gasteiger partial charge on any atom is -0.478 e. The molecule has 1 aromatic rings. The fourth-order valence-corrected chi connectivity index (χ4v) is 2.88. The largest absolute Gasteiger partial charge is 0.478 e. The molecule has 0 aliphatic carbocycles. The molecule has 0 radical (unpaired) electrons. The quantitative estimate of drug-likeness (QED) is 0.649. The first-order valence-corrected chi connectivity index (χ1v) is 8.35. The van der Waals surface area contributed by atoms with Crippen molar-refractivity contribution in [2.75, 3.05) is 0 Å². The van der Waals surface area contributed by atoms with Gasteiger partial charge in [0.15, 0.2) is 0 Å². The zero-order valence-electron chi connectivity index (χ0n) is 14.6. The van der Waals surface area contributed by atoms with Gasteiger partial charge < -0.3 is 10.2 Å². The molecule has 0 unspecified atom stereocenters. The Labute approximate surface area is 138 Å². The van der Waals surface area contributed by atoms with Crippen LogP contribution in [0, 0.1) is 11.8 Å². The van der Waals surface area contributed by atoms with Crippen molar-refractivity contribution in [3.05, 3.63) is 34.4 Å². The number of benzene rings is 1. The van der Waals surface area contributed by atoms with E-state index >= 15 is 0 Å². The highest BCUT2D eigenvalue weighted by atomic mass is 16.4. The second kappa shape index (κ2) is 8.70. The summed E-state index contributed by atoms with van der Waals surface area (Å²) in [5.41, 5.74) is 1.53. The van der Waals surface area contributed by atoms with Crippen LogP contribution >= 0.6 is 0 Å². The molecule has 1 aromatic carbocycles. The zero-order valence-corrected chi connectivity index (χ0v) is 14.6. The molecule has 0 aliphatic heterocycles. The summed E-state index contributed by atoms with van der Waals surface area (Å²) in [4.78, 5) is 23.0. The van der Waals surface area contributed by atoms with Crippen molar-refractivity contribution < 1.29 is 19.8 Å². The molecule has 0 fully saturated rings. The lowest BCUT2D eigenvalue weighted by molar-refractivity contribution is 0.0650. The van der Waals surface area contributed by atoms with Crippen molar-refractivity contribution in [2.45, 2.75) is 59.8 Å². The van der Waals surface area contributed by atoms with Crippen molar-refractivity contribution in [3.63, 3.8) is 0 Å². The Kier molecular flexibility index (Phi) is 7.27. The van der Waals surface area contributed by atoms with Gasteiger partial charge in [-0.15, -0.1) is 0 Å². The van der Waals surface area contributed by atoms with E-state index in [4.69, 9.17) is 0 Å². The Hall–Kier alpha value is -1.84. The Balaban J connectivity index is 3.19. The molecule has 0 bridgehead atoms. The number of hydrogen-bond donors (Lipinski definition) is 2. The normalized spacial score (nSPS) is 11.2. The van der Waals surface area contributed by atoms with Gasteiger partial charge in [0.1, 0.15) is 0 Å². The van der Waals surface area contributed by atoms with Crippen LogP contribution in [0.2, 0.25) is 0 Å². The van der Waals surface area contributed by atoms with Crippen LogP contribution in [0.4, 0.5) is 0 Å². The van der Waals surface area contributed by atoms with Gasteiger partial charge in [-0.2, -0.15) is 0 Å². The van der Waals surface area contributed by atoms with Gasteiger partial charge in [-0.25, -0.2) is 9.59 Å². The van der Waals surface area contributed by atoms with E-state index in [1.807, 2.05) is 0 Å². The minimum atomic E-state index is -1.18. The van der Waals surface area contributed by atoms with Gasteiger partial charge in [-0.05, 0) is 48.3 Å². The van der Waals surface area contributed by atoms with Gasteiger partial charge in [-0.1, -0.05) is 46.6 Å². The van der Waals surface area contributed by atoms with Crippen LogP contribution in [-0.4, -0.2) is 22.2 Å². The summed E-state index contributed by atoms with van der Waals surface area (Å²) in [6.07, 6.45) is 4.39. The van der Waals surface area contributed by atoms with Crippen molar-refractivity contribution in [3.8, 4) is 0 Å². The highest BCUT2D eigenvalue weighted by Crippen LogP contribution is 2.25. The lowest BCUT2D eigenvalue weighted by Crippen LogP contribution is -2.15. The summed E-state index contributed by atoms with van der Waals surface area (Å²) in [7, 11) is 0. The van der Waals surface area contributed by atoms with Crippen LogP contribution in [-0.2, 0) is 12.8 Å². The van der Waals surface area contributed by atoms with E-state index in [-0.39, 0.29) is 11.1 Å². The van der Waals surface area contributed by atoms with Crippen LogP contribution < -0.4 is 0 Å². The second-order valence-corrected chi connectivity index (χ2v) is 6.97. The van der Waals surface area contributed by atoms with Crippen LogP contribution in [0.25, 0.3) is 0 Å². The zero-order chi connectivity index (χ0) is 17.6. The molecule has 0 spiro atoms. The average molecular weight is 320 g/mol. The highest BCUT2D eigenvalue weighted by Gasteiger charge is 2.22. The summed E-state index contributed by atoms with van der Waals surface area (Å²) in [5, 5.41) is 18.8. The number of carboxylic acid groups (broad SMARTS) is 2. The van der Waals surface area contributed by atoms with Crippen LogP contribution in [0.5, 0.6) is 0 Å². The van der Waals surface area contributed by atoms with Gasteiger partial charge in [0.25, 0.3) is 0 Å². The number of carbonyl (C=O) groups is 2. The molecule has 4 nitrogen and oxygen atoms in total. The monoisotopic (exact) mass is 320 g/mol. The standard InChI is InChI=1S/C19H28O4/c1-12(2)7-5-6-8-15-14(11-13(3)4)9-10-16(18(20)21)17(15)19(22)23/h9-10,12-13H,5-8,11H2,1-4H3,(H,20,21)(H,22,23). The number of carboxylic acids is 2. The van der Waals surface area contributed by atoms with Crippen molar-refractivity contribution in [2.24, 2.45) is 11.8 Å². The molecular formula is C19H28O4. The first-order chi connectivity index (χ1) is 10.7. The van der Waals surface area contributed by atoms with Gasteiger partial charge >= 0.3 is 11.9 Å². The molecule has 128 valence electrons. The van der Waals surface area contributed by atoms with Crippen LogP contribution in [0.15, 0.2) is 12.1 Å². The predicted molar refractivity (Wildman–Crippen MR) is 91.3 cm³/mol. The lowest BCUT2D eigenvalue weighted by atomic mass is 9.88. The Morgan fingerprint density at radius 3 is 2.09 bits per heavy atom. The van der Waals surface area contributed by atoms with E-state index in [0.29, 0.717) is 23.8 Å². The summed E-state index contributed by atoms with van der Waals surface area (Å²) < 4.78 is 0. The van der Waals surface area contributed by atoms with E-state index in [1.165, 1.54) is 6.07 Å². The van der Waals surface area contributed by atoms with Gasteiger partial charge in [0.05, 0.1) is 11.1 Å². The third kappa shape index (κ3) is 5.70. The fourth-order valence-electron chi connectivity index (χ4n) is 2.88. The topological polar surface area (TPSA) is 74.6 Å². The first-order valence-electron chi connectivity index (χ1n) is 8.35. The van der Waals surface area contributed by atoms with Crippen molar-refractivity contribution in [1.82, 2.24) is 0 Å². The van der Waals surface area contributed by atoms with E-state index < -0.39 is 11.9 Å². The molecule has 0 heterocycles. The van der Waals surface area contributed by atoms with Crippen molar-refractivity contribution >= 4 is 11.9 Å². The minimum absolute atomic E-state index is 0.0276. The number of unbranched alkanes of at least 4 members (excludes halogenated alkanes) is 1. The number of rotatable bonds is 9. The third-order valence-electron chi connectivity index (χ3n) is 3.94. The third-order valence-corrected chi connectivity index (χ3v) is 3.94. The lowest BCUT2D eigenvalue weighted by Gasteiger charge is -2.16. The molecule has 0 saturated carbocycles. The van der Waals surface area contributed by atoms with Crippen molar-refractivity contribution in [1.29, 1.82) is 0 Å². The summed E-state index contributed by atoms with van der Waals surface area (Å²) >= 11 is 0.